The molecule has 0 unspecified atom stereocenters. The summed E-state index contributed by atoms with van der Waals surface area (Å²) in [5.41, 5.74) is 9.92. The molecule has 9 heteroatoms. The molecule has 0 aliphatic carbocycles. The SMILES string of the molecule is C=C1NC(=O)NC(C(=O)N[C@H](C)c2cc(-c3cnn(Cc4ccccc4)c3)ccc2OC)=C1N. The van der Waals surface area contributed by atoms with Crippen molar-refractivity contribution in [3.8, 4) is 16.9 Å². The van der Waals surface area contributed by atoms with Crippen molar-refractivity contribution in [1.82, 2.24) is 25.7 Å². The third-order valence-corrected chi connectivity index (χ3v) is 5.52. The number of methoxy groups -OCH3 is 1. The van der Waals surface area contributed by atoms with E-state index in [0.717, 1.165) is 22.3 Å². The Labute approximate surface area is 197 Å². The van der Waals surface area contributed by atoms with Crippen LogP contribution in [0.2, 0.25) is 0 Å². The summed E-state index contributed by atoms with van der Waals surface area (Å²) in [7, 11) is 1.57. The first kappa shape index (κ1) is 22.7. The number of carbonyl (C=O) groups excluding carboxylic acids is 2. The molecule has 9 nitrogen and oxygen atoms in total. The Kier molecular flexibility index (Phi) is 6.35. The van der Waals surface area contributed by atoms with Gasteiger partial charge in [-0.1, -0.05) is 43.0 Å². The molecular formula is C25H26N6O3. The van der Waals surface area contributed by atoms with E-state index in [2.05, 4.69) is 39.8 Å². The van der Waals surface area contributed by atoms with Crippen molar-refractivity contribution in [2.75, 3.05) is 7.11 Å². The molecule has 1 atom stereocenters. The van der Waals surface area contributed by atoms with E-state index < -0.39 is 18.0 Å². The Hall–Kier alpha value is -4.53. The minimum atomic E-state index is -0.566. The Bertz CT molecular complexity index is 1280. The van der Waals surface area contributed by atoms with Crippen LogP contribution in [0.25, 0.3) is 11.1 Å². The van der Waals surface area contributed by atoms with Crippen LogP contribution in [0.15, 0.2) is 84.6 Å². The first-order valence-corrected chi connectivity index (χ1v) is 10.7. The highest BCUT2D eigenvalue weighted by Crippen LogP contribution is 2.31. The summed E-state index contributed by atoms with van der Waals surface area (Å²) in [5.74, 6) is 0.0954. The molecule has 5 N–H and O–H groups in total. The first-order chi connectivity index (χ1) is 16.4. The zero-order chi connectivity index (χ0) is 24.2. The van der Waals surface area contributed by atoms with E-state index in [0.29, 0.717) is 12.3 Å². The summed E-state index contributed by atoms with van der Waals surface area (Å²) in [6.45, 7) is 6.15. The number of benzene rings is 2. The van der Waals surface area contributed by atoms with Gasteiger partial charge in [-0.2, -0.15) is 5.10 Å². The molecule has 174 valence electrons. The van der Waals surface area contributed by atoms with Gasteiger partial charge in [-0.3, -0.25) is 9.48 Å². The van der Waals surface area contributed by atoms with Gasteiger partial charge >= 0.3 is 6.03 Å². The molecule has 0 bridgehead atoms. The van der Waals surface area contributed by atoms with Gasteiger partial charge in [0.1, 0.15) is 11.4 Å². The van der Waals surface area contributed by atoms with E-state index in [1.165, 1.54) is 0 Å². The molecule has 2 heterocycles. The first-order valence-electron chi connectivity index (χ1n) is 10.7. The number of rotatable bonds is 7. The van der Waals surface area contributed by atoms with E-state index in [9.17, 15) is 9.59 Å². The summed E-state index contributed by atoms with van der Waals surface area (Å²) in [6, 6.07) is 14.8. The molecule has 34 heavy (non-hydrogen) atoms. The van der Waals surface area contributed by atoms with E-state index in [1.807, 2.05) is 54.2 Å². The number of urea groups is 1. The second-order valence-electron chi connectivity index (χ2n) is 7.91. The predicted molar refractivity (Wildman–Crippen MR) is 128 cm³/mol. The molecule has 0 radical (unpaired) electrons. The van der Waals surface area contributed by atoms with Crippen LogP contribution in [0.4, 0.5) is 4.79 Å². The number of nitrogens with two attached hydrogens (primary N) is 1. The van der Waals surface area contributed by atoms with Crippen LogP contribution in [0.3, 0.4) is 0 Å². The highest BCUT2D eigenvalue weighted by molar-refractivity contribution is 6.00. The second kappa shape index (κ2) is 9.53. The van der Waals surface area contributed by atoms with Crippen molar-refractivity contribution < 1.29 is 14.3 Å². The fraction of sp³-hybridized carbons (Fsp3) is 0.160. The maximum Gasteiger partial charge on any atom is 0.323 e. The van der Waals surface area contributed by atoms with Crippen molar-refractivity contribution >= 4 is 11.9 Å². The maximum absolute atomic E-state index is 12.8. The Morgan fingerprint density at radius 3 is 2.71 bits per heavy atom. The summed E-state index contributed by atoms with van der Waals surface area (Å²) < 4.78 is 7.40. The molecule has 1 aliphatic rings. The van der Waals surface area contributed by atoms with Crippen molar-refractivity contribution in [1.29, 1.82) is 0 Å². The van der Waals surface area contributed by atoms with Gasteiger partial charge in [0.2, 0.25) is 0 Å². The van der Waals surface area contributed by atoms with Crippen LogP contribution in [-0.2, 0) is 11.3 Å². The molecule has 0 fully saturated rings. The van der Waals surface area contributed by atoms with Crippen LogP contribution in [-0.4, -0.2) is 28.8 Å². The van der Waals surface area contributed by atoms with E-state index in [1.54, 1.807) is 13.3 Å². The number of nitrogens with zero attached hydrogens (tertiary/aromatic N) is 2. The van der Waals surface area contributed by atoms with E-state index in [-0.39, 0.29) is 17.1 Å². The fourth-order valence-corrected chi connectivity index (χ4v) is 3.71. The number of hydrogen-bond donors (Lipinski definition) is 4. The van der Waals surface area contributed by atoms with Gasteiger partial charge in [0.05, 0.1) is 37.3 Å². The van der Waals surface area contributed by atoms with Gasteiger partial charge in [0.15, 0.2) is 0 Å². The highest BCUT2D eigenvalue weighted by atomic mass is 16.5. The Morgan fingerprint density at radius 2 is 1.97 bits per heavy atom. The highest BCUT2D eigenvalue weighted by Gasteiger charge is 2.25. The van der Waals surface area contributed by atoms with Crippen molar-refractivity contribution in [2.45, 2.75) is 19.5 Å². The van der Waals surface area contributed by atoms with Crippen molar-refractivity contribution in [3.63, 3.8) is 0 Å². The van der Waals surface area contributed by atoms with E-state index >= 15 is 0 Å². The van der Waals surface area contributed by atoms with Gasteiger partial charge in [-0.15, -0.1) is 0 Å². The minimum absolute atomic E-state index is 0.0436. The fourth-order valence-electron chi connectivity index (χ4n) is 3.71. The van der Waals surface area contributed by atoms with Crippen LogP contribution >= 0.6 is 0 Å². The van der Waals surface area contributed by atoms with Crippen molar-refractivity contribution in [3.05, 3.63) is 95.7 Å². The lowest BCUT2D eigenvalue weighted by atomic mass is 10.0. The van der Waals surface area contributed by atoms with Gasteiger partial charge in [0.25, 0.3) is 5.91 Å². The molecule has 4 rings (SSSR count). The summed E-state index contributed by atoms with van der Waals surface area (Å²) in [5, 5.41) is 12.2. The smallest absolute Gasteiger partial charge is 0.323 e. The van der Waals surface area contributed by atoms with Gasteiger partial charge in [0, 0.05) is 17.3 Å². The van der Waals surface area contributed by atoms with Gasteiger partial charge < -0.3 is 26.4 Å². The molecule has 0 saturated heterocycles. The molecule has 0 spiro atoms. The monoisotopic (exact) mass is 458 g/mol. The zero-order valence-electron chi connectivity index (χ0n) is 19.0. The van der Waals surface area contributed by atoms with Crippen LogP contribution in [0, 0.1) is 0 Å². The quantitative estimate of drug-likeness (QED) is 0.434. The standard InChI is InChI=1S/C25H26N6O3/c1-15(28-24(32)23-22(26)16(2)29-25(33)30-23)20-11-18(9-10-21(20)34-3)19-12-27-31(14-19)13-17-7-5-4-6-8-17/h4-12,14-15H,2,13,26H2,1,3H3,(H,28,32)(H2,29,30,33)/t15-/m1/s1. The van der Waals surface area contributed by atoms with E-state index in [4.69, 9.17) is 10.5 Å². The topological polar surface area (TPSA) is 123 Å². The van der Waals surface area contributed by atoms with Gasteiger partial charge in [-0.25, -0.2) is 4.79 Å². The van der Waals surface area contributed by atoms with Crippen LogP contribution in [0.5, 0.6) is 5.75 Å². The third-order valence-electron chi connectivity index (χ3n) is 5.52. The molecular weight excluding hydrogens is 432 g/mol. The summed E-state index contributed by atoms with van der Waals surface area (Å²) in [4.78, 5) is 24.6. The molecule has 1 aromatic heterocycles. The Morgan fingerprint density at radius 1 is 1.21 bits per heavy atom. The predicted octanol–water partition coefficient (Wildman–Crippen LogP) is 2.78. The average molecular weight is 459 g/mol. The number of carbonyl (C=O) groups is 2. The lowest BCUT2D eigenvalue weighted by Crippen LogP contribution is -2.47. The molecule has 0 saturated carbocycles. The average Bonchev–Trinajstić information content (AvgIpc) is 3.29. The minimum Gasteiger partial charge on any atom is -0.496 e. The third kappa shape index (κ3) is 4.78. The normalized spacial score (nSPS) is 14.3. The maximum atomic E-state index is 12.8. The molecule has 2 aromatic carbocycles. The van der Waals surface area contributed by atoms with Crippen LogP contribution in [0.1, 0.15) is 24.1 Å². The summed E-state index contributed by atoms with van der Waals surface area (Å²) in [6.07, 6.45) is 3.78. The number of aromatic nitrogens is 2. The molecule has 1 aliphatic heterocycles. The Balaban J connectivity index is 1.56. The molecule has 3 aromatic rings. The second-order valence-corrected chi connectivity index (χ2v) is 7.91. The largest absolute Gasteiger partial charge is 0.496 e. The van der Waals surface area contributed by atoms with Gasteiger partial charge in [-0.05, 0) is 30.2 Å². The number of ether oxygens (including phenoxy) is 1. The number of amides is 3. The molecule has 3 amide bonds. The summed E-state index contributed by atoms with van der Waals surface area (Å²) >= 11 is 0. The number of hydrogen-bond acceptors (Lipinski definition) is 5. The van der Waals surface area contributed by atoms with Crippen LogP contribution < -0.4 is 26.4 Å². The number of nitrogens with one attached hydrogen (secondary N) is 3. The van der Waals surface area contributed by atoms with Crippen molar-refractivity contribution in [2.24, 2.45) is 5.73 Å². The lowest BCUT2D eigenvalue weighted by molar-refractivity contribution is -0.118. The lowest BCUT2D eigenvalue weighted by Gasteiger charge is -2.23. The zero-order valence-corrected chi connectivity index (χ0v) is 19.0.